The second kappa shape index (κ2) is 7.82. The van der Waals surface area contributed by atoms with Gasteiger partial charge < -0.3 is 9.15 Å². The zero-order chi connectivity index (χ0) is 18.5. The monoisotopic (exact) mass is 351 g/mol. The Morgan fingerprint density at radius 3 is 2.58 bits per heavy atom. The highest BCUT2D eigenvalue weighted by Crippen LogP contribution is 2.29. The molecule has 2 heterocycles. The molecule has 0 fully saturated rings. The SMILES string of the molecule is COc1cccc(-c2cnc(NC(=O)CCc3ccc(C)o3)nc2)c1C. The van der Waals surface area contributed by atoms with Crippen molar-refractivity contribution in [2.45, 2.75) is 26.7 Å². The van der Waals surface area contributed by atoms with E-state index in [-0.39, 0.29) is 11.9 Å². The number of amides is 1. The lowest BCUT2D eigenvalue weighted by Crippen LogP contribution is -2.14. The van der Waals surface area contributed by atoms with Crippen molar-refractivity contribution in [1.82, 2.24) is 9.97 Å². The predicted molar refractivity (Wildman–Crippen MR) is 99.2 cm³/mol. The van der Waals surface area contributed by atoms with Crippen molar-refractivity contribution >= 4 is 11.9 Å². The molecule has 0 atom stereocenters. The van der Waals surface area contributed by atoms with Gasteiger partial charge in [0.2, 0.25) is 11.9 Å². The van der Waals surface area contributed by atoms with Crippen LogP contribution in [0.2, 0.25) is 0 Å². The van der Waals surface area contributed by atoms with Crippen LogP contribution in [0.1, 0.15) is 23.5 Å². The summed E-state index contributed by atoms with van der Waals surface area (Å²) in [5.74, 6) is 2.59. The molecular formula is C20H21N3O3. The maximum Gasteiger partial charge on any atom is 0.229 e. The molecule has 3 aromatic rings. The molecule has 0 saturated carbocycles. The Kier molecular flexibility index (Phi) is 5.31. The lowest BCUT2D eigenvalue weighted by atomic mass is 10.0. The Hall–Kier alpha value is -3.15. The van der Waals surface area contributed by atoms with E-state index in [1.165, 1.54) is 0 Å². The van der Waals surface area contributed by atoms with Crippen molar-refractivity contribution in [2.24, 2.45) is 0 Å². The molecule has 0 spiro atoms. The average molecular weight is 351 g/mol. The van der Waals surface area contributed by atoms with E-state index >= 15 is 0 Å². The van der Waals surface area contributed by atoms with Crippen LogP contribution in [0, 0.1) is 13.8 Å². The first kappa shape index (κ1) is 17.7. The Balaban J connectivity index is 1.63. The molecule has 0 aliphatic heterocycles. The van der Waals surface area contributed by atoms with E-state index < -0.39 is 0 Å². The van der Waals surface area contributed by atoms with Gasteiger partial charge in [-0.2, -0.15) is 0 Å². The number of nitrogens with one attached hydrogen (secondary N) is 1. The fourth-order valence-electron chi connectivity index (χ4n) is 2.72. The number of carbonyl (C=O) groups is 1. The number of ether oxygens (including phenoxy) is 1. The average Bonchev–Trinajstić information content (AvgIpc) is 3.06. The van der Waals surface area contributed by atoms with Crippen molar-refractivity contribution in [3.8, 4) is 16.9 Å². The number of anilines is 1. The lowest BCUT2D eigenvalue weighted by Gasteiger charge is -2.10. The van der Waals surface area contributed by atoms with E-state index in [0.717, 1.165) is 34.0 Å². The molecule has 0 aliphatic carbocycles. The largest absolute Gasteiger partial charge is 0.496 e. The molecule has 2 aromatic heterocycles. The summed E-state index contributed by atoms with van der Waals surface area (Å²) in [7, 11) is 1.64. The summed E-state index contributed by atoms with van der Waals surface area (Å²) < 4.78 is 10.8. The molecule has 1 aromatic carbocycles. The predicted octanol–water partition coefficient (Wildman–Crippen LogP) is 3.93. The molecule has 134 valence electrons. The maximum absolute atomic E-state index is 12.0. The van der Waals surface area contributed by atoms with Crippen molar-refractivity contribution in [3.05, 3.63) is 59.8 Å². The molecule has 1 N–H and O–H groups in total. The summed E-state index contributed by atoms with van der Waals surface area (Å²) in [5, 5.41) is 2.71. The quantitative estimate of drug-likeness (QED) is 0.728. The number of methoxy groups -OCH3 is 1. The van der Waals surface area contributed by atoms with Gasteiger partial charge in [-0.1, -0.05) is 12.1 Å². The van der Waals surface area contributed by atoms with Crippen LogP contribution in [0.15, 0.2) is 47.1 Å². The van der Waals surface area contributed by atoms with E-state index in [2.05, 4.69) is 15.3 Å². The summed E-state index contributed by atoms with van der Waals surface area (Å²) in [6.45, 7) is 3.86. The normalized spacial score (nSPS) is 10.6. The van der Waals surface area contributed by atoms with Gasteiger partial charge >= 0.3 is 0 Å². The minimum atomic E-state index is -0.149. The summed E-state index contributed by atoms with van der Waals surface area (Å²) in [5.41, 5.74) is 2.88. The van der Waals surface area contributed by atoms with E-state index in [9.17, 15) is 4.79 Å². The fourth-order valence-corrected chi connectivity index (χ4v) is 2.72. The third kappa shape index (κ3) is 4.08. The van der Waals surface area contributed by atoms with E-state index in [1.54, 1.807) is 19.5 Å². The lowest BCUT2D eigenvalue weighted by molar-refractivity contribution is -0.116. The molecule has 6 nitrogen and oxygen atoms in total. The van der Waals surface area contributed by atoms with Gasteiger partial charge in [-0.3, -0.25) is 10.1 Å². The molecule has 0 saturated heterocycles. The van der Waals surface area contributed by atoms with Crippen LogP contribution in [0.4, 0.5) is 5.95 Å². The minimum absolute atomic E-state index is 0.149. The first-order valence-corrected chi connectivity index (χ1v) is 8.38. The third-order valence-electron chi connectivity index (χ3n) is 4.11. The second-order valence-electron chi connectivity index (χ2n) is 5.99. The van der Waals surface area contributed by atoms with Crippen molar-refractivity contribution < 1.29 is 13.9 Å². The Morgan fingerprint density at radius 2 is 1.92 bits per heavy atom. The maximum atomic E-state index is 12.0. The summed E-state index contributed by atoms with van der Waals surface area (Å²) in [6, 6.07) is 9.59. The third-order valence-corrected chi connectivity index (χ3v) is 4.11. The topological polar surface area (TPSA) is 77.2 Å². The Labute approximate surface area is 152 Å². The van der Waals surface area contributed by atoms with Crippen molar-refractivity contribution in [2.75, 3.05) is 12.4 Å². The molecule has 0 radical (unpaired) electrons. The molecule has 0 bridgehead atoms. The molecule has 1 amide bonds. The first-order chi connectivity index (χ1) is 12.6. The first-order valence-electron chi connectivity index (χ1n) is 8.38. The highest BCUT2D eigenvalue weighted by molar-refractivity contribution is 5.89. The number of benzene rings is 1. The summed E-state index contributed by atoms with van der Waals surface area (Å²) in [4.78, 5) is 20.5. The molecular weight excluding hydrogens is 330 g/mol. The number of aromatic nitrogens is 2. The van der Waals surface area contributed by atoms with Gasteiger partial charge in [-0.15, -0.1) is 0 Å². The Bertz CT molecular complexity index is 901. The number of rotatable bonds is 6. The minimum Gasteiger partial charge on any atom is -0.496 e. The van der Waals surface area contributed by atoms with Crippen molar-refractivity contribution in [3.63, 3.8) is 0 Å². The highest BCUT2D eigenvalue weighted by atomic mass is 16.5. The molecule has 3 rings (SSSR count). The zero-order valence-corrected chi connectivity index (χ0v) is 15.1. The van der Waals surface area contributed by atoms with Gasteiger partial charge in [-0.05, 0) is 43.2 Å². The van der Waals surface area contributed by atoms with Crippen LogP contribution in [-0.4, -0.2) is 23.0 Å². The number of aryl methyl sites for hydroxylation is 2. The van der Waals surface area contributed by atoms with Crippen LogP contribution in [-0.2, 0) is 11.2 Å². The van der Waals surface area contributed by atoms with Gasteiger partial charge in [0, 0.05) is 30.8 Å². The van der Waals surface area contributed by atoms with Crippen LogP contribution in [0.3, 0.4) is 0 Å². The number of carbonyl (C=O) groups excluding carboxylic acids is 1. The second-order valence-corrected chi connectivity index (χ2v) is 5.99. The van der Waals surface area contributed by atoms with Gasteiger partial charge in [0.1, 0.15) is 17.3 Å². The van der Waals surface area contributed by atoms with Crippen molar-refractivity contribution in [1.29, 1.82) is 0 Å². The summed E-state index contributed by atoms with van der Waals surface area (Å²) >= 11 is 0. The smallest absolute Gasteiger partial charge is 0.229 e. The van der Waals surface area contributed by atoms with Gasteiger partial charge in [0.25, 0.3) is 0 Å². The fraction of sp³-hybridized carbons (Fsp3) is 0.250. The number of furan rings is 1. The van der Waals surface area contributed by atoms with Crippen LogP contribution < -0.4 is 10.1 Å². The van der Waals surface area contributed by atoms with E-state index in [0.29, 0.717) is 12.8 Å². The molecule has 0 unspecified atom stereocenters. The molecule has 0 aliphatic rings. The van der Waals surface area contributed by atoms with Crippen LogP contribution >= 0.6 is 0 Å². The van der Waals surface area contributed by atoms with Gasteiger partial charge in [0.15, 0.2) is 0 Å². The standard InChI is InChI=1S/C20H21N3O3/c1-13-7-8-16(26-13)9-10-19(24)23-20-21-11-15(12-22-20)17-5-4-6-18(25-3)14(17)2/h4-8,11-12H,9-10H2,1-3H3,(H,21,22,23,24). The zero-order valence-electron chi connectivity index (χ0n) is 15.1. The van der Waals surface area contributed by atoms with Gasteiger partial charge in [0.05, 0.1) is 7.11 Å². The number of nitrogens with zero attached hydrogens (tertiary/aromatic N) is 2. The van der Waals surface area contributed by atoms with Crippen LogP contribution in [0.5, 0.6) is 5.75 Å². The molecule has 26 heavy (non-hydrogen) atoms. The van der Waals surface area contributed by atoms with E-state index in [4.69, 9.17) is 9.15 Å². The van der Waals surface area contributed by atoms with E-state index in [1.807, 2.05) is 44.2 Å². The Morgan fingerprint density at radius 1 is 1.15 bits per heavy atom. The number of hydrogen-bond acceptors (Lipinski definition) is 5. The highest BCUT2D eigenvalue weighted by Gasteiger charge is 2.10. The number of hydrogen-bond donors (Lipinski definition) is 1. The summed E-state index contributed by atoms with van der Waals surface area (Å²) in [6.07, 6.45) is 4.24. The van der Waals surface area contributed by atoms with Crippen LogP contribution in [0.25, 0.3) is 11.1 Å². The van der Waals surface area contributed by atoms with Gasteiger partial charge in [-0.25, -0.2) is 9.97 Å². The molecule has 6 heteroatoms.